The van der Waals surface area contributed by atoms with E-state index in [1.807, 2.05) is 0 Å². The van der Waals surface area contributed by atoms with E-state index in [9.17, 15) is 13.2 Å². The fraction of sp³-hybridized carbons (Fsp3) is 0.0714. The van der Waals surface area contributed by atoms with E-state index in [2.05, 4.69) is 0 Å². The molecule has 0 aliphatic rings. The van der Waals surface area contributed by atoms with Crippen LogP contribution in [-0.4, -0.2) is 0 Å². The second-order valence-corrected chi connectivity index (χ2v) is 3.70. The van der Waals surface area contributed by atoms with Crippen LogP contribution in [0.25, 0.3) is 11.1 Å². The molecule has 0 saturated heterocycles. The van der Waals surface area contributed by atoms with E-state index in [1.54, 1.807) is 36.4 Å². The van der Waals surface area contributed by atoms with Crippen molar-refractivity contribution in [1.29, 1.82) is 5.26 Å². The molecule has 90 valence electrons. The van der Waals surface area contributed by atoms with Crippen LogP contribution in [0.5, 0.6) is 0 Å². The SMILES string of the molecule is N#Cc1cccc(-c2ccccc2)c1C(F)(F)F. The lowest BCUT2D eigenvalue weighted by molar-refractivity contribution is -0.137. The average molecular weight is 247 g/mol. The van der Waals surface area contributed by atoms with Gasteiger partial charge in [-0.2, -0.15) is 18.4 Å². The van der Waals surface area contributed by atoms with Gasteiger partial charge in [-0.05, 0) is 17.2 Å². The summed E-state index contributed by atoms with van der Waals surface area (Å²) in [5, 5.41) is 8.80. The molecule has 0 amide bonds. The van der Waals surface area contributed by atoms with Crippen molar-refractivity contribution in [3.05, 3.63) is 59.7 Å². The molecule has 1 nitrogen and oxygen atoms in total. The van der Waals surface area contributed by atoms with Crippen LogP contribution in [0.15, 0.2) is 48.5 Å². The number of rotatable bonds is 1. The van der Waals surface area contributed by atoms with Crippen molar-refractivity contribution < 1.29 is 13.2 Å². The van der Waals surface area contributed by atoms with Crippen LogP contribution in [0, 0.1) is 11.3 Å². The second-order valence-electron chi connectivity index (χ2n) is 3.70. The fourth-order valence-electron chi connectivity index (χ4n) is 1.81. The number of nitrogens with zero attached hydrogens (tertiary/aromatic N) is 1. The molecule has 2 aromatic carbocycles. The normalized spacial score (nSPS) is 11.0. The highest BCUT2D eigenvalue weighted by atomic mass is 19.4. The quantitative estimate of drug-likeness (QED) is 0.739. The molecule has 0 aliphatic heterocycles. The summed E-state index contributed by atoms with van der Waals surface area (Å²) in [4.78, 5) is 0. The average Bonchev–Trinajstić information content (AvgIpc) is 2.38. The fourth-order valence-corrected chi connectivity index (χ4v) is 1.81. The molecule has 0 saturated carbocycles. The zero-order valence-electron chi connectivity index (χ0n) is 9.20. The number of benzene rings is 2. The third kappa shape index (κ3) is 2.21. The maximum absolute atomic E-state index is 13.0. The van der Waals surface area contributed by atoms with Gasteiger partial charge in [-0.25, -0.2) is 0 Å². The molecule has 0 heterocycles. The first-order valence-electron chi connectivity index (χ1n) is 5.20. The van der Waals surface area contributed by atoms with E-state index in [1.165, 1.54) is 18.2 Å². The van der Waals surface area contributed by atoms with Gasteiger partial charge in [0.25, 0.3) is 0 Å². The summed E-state index contributed by atoms with van der Waals surface area (Å²) in [5.41, 5.74) is -0.758. The standard InChI is InChI=1S/C14H8F3N/c15-14(16,17)13-11(9-18)7-4-8-12(13)10-5-2-1-3-6-10/h1-8H. The Morgan fingerprint density at radius 1 is 0.889 bits per heavy atom. The Balaban J connectivity index is 2.73. The van der Waals surface area contributed by atoms with Crippen molar-refractivity contribution >= 4 is 0 Å². The lowest BCUT2D eigenvalue weighted by Gasteiger charge is -2.14. The molecule has 0 bridgehead atoms. The van der Waals surface area contributed by atoms with Crippen LogP contribution in [0.1, 0.15) is 11.1 Å². The van der Waals surface area contributed by atoms with E-state index in [0.717, 1.165) is 0 Å². The van der Waals surface area contributed by atoms with Crippen LogP contribution < -0.4 is 0 Å². The van der Waals surface area contributed by atoms with Crippen LogP contribution in [0.3, 0.4) is 0 Å². The lowest BCUT2D eigenvalue weighted by Crippen LogP contribution is -2.10. The number of alkyl halides is 3. The van der Waals surface area contributed by atoms with Crippen molar-refractivity contribution in [1.82, 2.24) is 0 Å². The minimum absolute atomic E-state index is 0.0298. The van der Waals surface area contributed by atoms with Crippen molar-refractivity contribution in [2.24, 2.45) is 0 Å². The summed E-state index contributed by atoms with van der Waals surface area (Å²) in [6, 6.07) is 13.8. The Bertz CT molecular complexity index is 595. The molecule has 2 aromatic rings. The topological polar surface area (TPSA) is 23.8 Å². The zero-order valence-corrected chi connectivity index (χ0v) is 9.20. The summed E-state index contributed by atoms with van der Waals surface area (Å²) in [6.07, 6.45) is -4.54. The lowest BCUT2D eigenvalue weighted by atomic mass is 9.95. The summed E-state index contributed by atoms with van der Waals surface area (Å²) in [6.45, 7) is 0. The van der Waals surface area contributed by atoms with Crippen LogP contribution in [-0.2, 0) is 6.18 Å². The van der Waals surface area contributed by atoms with Crippen LogP contribution in [0.2, 0.25) is 0 Å². The Labute approximate surface area is 102 Å². The number of halogens is 3. The summed E-state index contributed by atoms with van der Waals surface area (Å²) in [5.74, 6) is 0. The molecule has 0 aromatic heterocycles. The van der Waals surface area contributed by atoms with Gasteiger partial charge >= 0.3 is 6.18 Å². The highest BCUT2D eigenvalue weighted by Gasteiger charge is 2.36. The minimum Gasteiger partial charge on any atom is -0.192 e. The summed E-state index contributed by atoms with van der Waals surface area (Å²) >= 11 is 0. The van der Waals surface area contributed by atoms with Gasteiger partial charge in [0.2, 0.25) is 0 Å². The van der Waals surface area contributed by atoms with Crippen molar-refractivity contribution in [2.45, 2.75) is 6.18 Å². The maximum Gasteiger partial charge on any atom is 0.418 e. The first-order valence-corrected chi connectivity index (χ1v) is 5.20. The molecule has 0 spiro atoms. The molecule has 0 radical (unpaired) electrons. The van der Waals surface area contributed by atoms with Crippen molar-refractivity contribution in [3.63, 3.8) is 0 Å². The molecule has 0 unspecified atom stereocenters. The molecule has 18 heavy (non-hydrogen) atoms. The molecule has 0 atom stereocenters. The number of hydrogen-bond donors (Lipinski definition) is 0. The molecular weight excluding hydrogens is 239 g/mol. The van der Waals surface area contributed by atoms with Gasteiger partial charge in [-0.3, -0.25) is 0 Å². The largest absolute Gasteiger partial charge is 0.418 e. The van der Waals surface area contributed by atoms with Crippen molar-refractivity contribution in [2.75, 3.05) is 0 Å². The Kier molecular flexibility index (Phi) is 3.07. The van der Waals surface area contributed by atoms with Gasteiger partial charge in [0.15, 0.2) is 0 Å². The number of nitriles is 1. The highest BCUT2D eigenvalue weighted by molar-refractivity contribution is 5.70. The first kappa shape index (κ1) is 12.2. The minimum atomic E-state index is -4.54. The van der Waals surface area contributed by atoms with Crippen LogP contribution in [0.4, 0.5) is 13.2 Å². The highest BCUT2D eigenvalue weighted by Crippen LogP contribution is 2.39. The Hall–Kier alpha value is -2.28. The molecule has 4 heteroatoms. The molecule has 0 aliphatic carbocycles. The third-order valence-corrected chi connectivity index (χ3v) is 2.55. The van der Waals surface area contributed by atoms with Crippen LogP contribution >= 0.6 is 0 Å². The predicted octanol–water partition coefficient (Wildman–Crippen LogP) is 4.24. The predicted molar refractivity (Wildman–Crippen MR) is 61.6 cm³/mol. The number of hydrogen-bond acceptors (Lipinski definition) is 1. The monoisotopic (exact) mass is 247 g/mol. The van der Waals surface area contributed by atoms with E-state index in [4.69, 9.17) is 5.26 Å². The first-order chi connectivity index (χ1) is 8.54. The van der Waals surface area contributed by atoms with Gasteiger partial charge < -0.3 is 0 Å². The Morgan fingerprint density at radius 2 is 1.56 bits per heavy atom. The van der Waals surface area contributed by atoms with Gasteiger partial charge in [-0.1, -0.05) is 42.5 Å². The zero-order chi connectivity index (χ0) is 13.2. The van der Waals surface area contributed by atoms with Gasteiger partial charge in [-0.15, -0.1) is 0 Å². The molecular formula is C14H8F3N. The Morgan fingerprint density at radius 3 is 2.11 bits per heavy atom. The van der Waals surface area contributed by atoms with E-state index >= 15 is 0 Å². The molecule has 2 rings (SSSR count). The van der Waals surface area contributed by atoms with E-state index in [-0.39, 0.29) is 11.1 Å². The molecule has 0 fully saturated rings. The molecule has 0 N–H and O–H groups in total. The van der Waals surface area contributed by atoms with E-state index < -0.39 is 11.7 Å². The second kappa shape index (κ2) is 4.53. The van der Waals surface area contributed by atoms with Gasteiger partial charge in [0.05, 0.1) is 17.2 Å². The summed E-state index contributed by atoms with van der Waals surface area (Å²) in [7, 11) is 0. The third-order valence-electron chi connectivity index (χ3n) is 2.55. The summed E-state index contributed by atoms with van der Waals surface area (Å²) < 4.78 is 39.1. The van der Waals surface area contributed by atoms with Crippen molar-refractivity contribution in [3.8, 4) is 17.2 Å². The van der Waals surface area contributed by atoms with Gasteiger partial charge in [0, 0.05) is 0 Å². The maximum atomic E-state index is 13.0. The van der Waals surface area contributed by atoms with Gasteiger partial charge in [0.1, 0.15) is 0 Å². The smallest absolute Gasteiger partial charge is 0.192 e. The van der Waals surface area contributed by atoms with E-state index in [0.29, 0.717) is 5.56 Å².